The van der Waals surface area contributed by atoms with Gasteiger partial charge in [-0.05, 0) is 26.2 Å². The summed E-state index contributed by atoms with van der Waals surface area (Å²) in [5, 5.41) is 3.37. The molecule has 0 aromatic rings. The Morgan fingerprint density at radius 2 is 1.92 bits per heavy atom. The van der Waals surface area contributed by atoms with E-state index in [0.717, 1.165) is 6.42 Å². The van der Waals surface area contributed by atoms with Crippen LogP contribution in [-0.4, -0.2) is 17.9 Å². The van der Waals surface area contributed by atoms with Gasteiger partial charge in [0.1, 0.15) is 0 Å². The summed E-state index contributed by atoms with van der Waals surface area (Å²) in [4.78, 5) is 11.9. The van der Waals surface area contributed by atoms with Crippen molar-refractivity contribution in [2.24, 2.45) is 5.41 Å². The predicted molar refractivity (Wildman–Crippen MR) is 54.7 cm³/mol. The summed E-state index contributed by atoms with van der Waals surface area (Å²) in [6.45, 7) is 8.14. The van der Waals surface area contributed by atoms with Crippen LogP contribution in [0.1, 0.15) is 47.0 Å². The van der Waals surface area contributed by atoms with Crippen LogP contribution in [0.15, 0.2) is 0 Å². The highest BCUT2D eigenvalue weighted by Gasteiger charge is 2.31. The van der Waals surface area contributed by atoms with Crippen molar-refractivity contribution in [3.05, 3.63) is 0 Å². The van der Waals surface area contributed by atoms with Gasteiger partial charge in [-0.15, -0.1) is 0 Å². The van der Waals surface area contributed by atoms with E-state index < -0.39 is 0 Å². The fourth-order valence-electron chi connectivity index (χ4n) is 1.87. The third kappa shape index (κ3) is 2.80. The topological polar surface area (TPSA) is 29.1 Å². The third-order valence-electron chi connectivity index (χ3n) is 2.67. The van der Waals surface area contributed by atoms with Crippen molar-refractivity contribution in [1.29, 1.82) is 0 Å². The minimum atomic E-state index is -0.200. The fraction of sp³-hybridized carbons (Fsp3) is 0.909. The maximum absolute atomic E-state index is 11.9. The molecule has 0 radical (unpaired) electrons. The molecule has 1 rings (SSSR count). The number of nitrogens with one attached hydrogen (secondary N) is 1. The lowest BCUT2D eigenvalue weighted by Crippen LogP contribution is -2.49. The van der Waals surface area contributed by atoms with Gasteiger partial charge in [0.25, 0.3) is 0 Å². The fourth-order valence-corrected chi connectivity index (χ4v) is 1.87. The van der Waals surface area contributed by atoms with E-state index in [0.29, 0.717) is 11.8 Å². The average Bonchev–Trinajstić information content (AvgIpc) is 2.01. The molecule has 1 fully saturated rings. The van der Waals surface area contributed by atoms with E-state index in [-0.39, 0.29) is 11.5 Å². The third-order valence-corrected chi connectivity index (χ3v) is 2.67. The van der Waals surface area contributed by atoms with Gasteiger partial charge in [-0.3, -0.25) is 4.79 Å². The maximum Gasteiger partial charge on any atom is 0.155 e. The molecule has 1 saturated heterocycles. The van der Waals surface area contributed by atoms with Crippen LogP contribution in [0.5, 0.6) is 0 Å². The predicted octanol–water partition coefficient (Wildman–Crippen LogP) is 2.13. The maximum atomic E-state index is 11.9. The Bertz CT molecular complexity index is 193. The highest BCUT2D eigenvalue weighted by atomic mass is 16.1. The van der Waals surface area contributed by atoms with Crippen molar-refractivity contribution in [2.45, 2.75) is 59.0 Å². The second kappa shape index (κ2) is 3.79. The first-order valence-corrected chi connectivity index (χ1v) is 5.21. The number of carbonyl (C=O) groups is 1. The molecule has 1 aliphatic heterocycles. The molecule has 1 heterocycles. The van der Waals surface area contributed by atoms with Crippen LogP contribution in [0.4, 0.5) is 0 Å². The number of carbonyl (C=O) groups excluding carboxylic acids is 1. The average molecular weight is 183 g/mol. The SMILES string of the molecule is CC1CCCC(C(=O)C(C)(C)C)N1. The molecule has 2 heteroatoms. The van der Waals surface area contributed by atoms with Gasteiger partial charge in [0.15, 0.2) is 5.78 Å². The van der Waals surface area contributed by atoms with Crippen molar-refractivity contribution in [3.63, 3.8) is 0 Å². The number of Topliss-reactive ketones (excluding diaryl/α,β-unsaturated/α-hetero) is 1. The highest BCUT2D eigenvalue weighted by Crippen LogP contribution is 2.22. The number of hydrogen-bond donors (Lipinski definition) is 1. The van der Waals surface area contributed by atoms with Crippen LogP contribution in [0.3, 0.4) is 0 Å². The summed E-state index contributed by atoms with van der Waals surface area (Å²) < 4.78 is 0. The van der Waals surface area contributed by atoms with Crippen molar-refractivity contribution in [3.8, 4) is 0 Å². The molecule has 0 amide bonds. The van der Waals surface area contributed by atoms with Crippen molar-refractivity contribution < 1.29 is 4.79 Å². The quantitative estimate of drug-likeness (QED) is 0.674. The van der Waals surface area contributed by atoms with Crippen LogP contribution in [0.2, 0.25) is 0 Å². The second-order valence-corrected chi connectivity index (χ2v) is 5.17. The zero-order chi connectivity index (χ0) is 10.1. The van der Waals surface area contributed by atoms with E-state index in [1.165, 1.54) is 12.8 Å². The molecule has 13 heavy (non-hydrogen) atoms. The summed E-state index contributed by atoms with van der Waals surface area (Å²) in [6.07, 6.45) is 3.40. The molecule has 0 aliphatic carbocycles. The Hall–Kier alpha value is -0.370. The van der Waals surface area contributed by atoms with E-state index in [2.05, 4.69) is 12.2 Å². The Balaban J connectivity index is 2.56. The Labute approximate surface area is 81.1 Å². The van der Waals surface area contributed by atoms with Gasteiger partial charge in [0.2, 0.25) is 0 Å². The first kappa shape index (κ1) is 10.7. The van der Waals surface area contributed by atoms with Crippen LogP contribution >= 0.6 is 0 Å². The molecule has 0 spiro atoms. The summed E-state index contributed by atoms with van der Waals surface area (Å²) in [5.74, 6) is 0.360. The summed E-state index contributed by atoms with van der Waals surface area (Å²) in [5.41, 5.74) is -0.200. The van der Waals surface area contributed by atoms with E-state index in [4.69, 9.17) is 0 Å². The van der Waals surface area contributed by atoms with E-state index in [9.17, 15) is 4.79 Å². The molecule has 2 nitrogen and oxygen atoms in total. The smallest absolute Gasteiger partial charge is 0.155 e. The van der Waals surface area contributed by atoms with E-state index >= 15 is 0 Å². The van der Waals surface area contributed by atoms with Gasteiger partial charge in [0.05, 0.1) is 6.04 Å². The van der Waals surface area contributed by atoms with Crippen molar-refractivity contribution >= 4 is 5.78 Å². The van der Waals surface area contributed by atoms with Crippen molar-refractivity contribution in [1.82, 2.24) is 5.32 Å². The summed E-state index contributed by atoms with van der Waals surface area (Å²) >= 11 is 0. The number of hydrogen-bond acceptors (Lipinski definition) is 2. The molecule has 0 aromatic heterocycles. The summed E-state index contributed by atoms with van der Waals surface area (Å²) in [6, 6.07) is 0.605. The van der Waals surface area contributed by atoms with Crippen LogP contribution in [0, 0.1) is 5.41 Å². The lowest BCUT2D eigenvalue weighted by Gasteiger charge is -2.31. The van der Waals surface area contributed by atoms with Gasteiger partial charge in [-0.25, -0.2) is 0 Å². The highest BCUT2D eigenvalue weighted by molar-refractivity contribution is 5.88. The molecular formula is C11H21NO. The Morgan fingerprint density at radius 1 is 1.31 bits per heavy atom. The van der Waals surface area contributed by atoms with Gasteiger partial charge in [-0.2, -0.15) is 0 Å². The number of rotatable bonds is 1. The molecule has 0 saturated carbocycles. The zero-order valence-electron chi connectivity index (χ0n) is 9.18. The van der Waals surface area contributed by atoms with Crippen LogP contribution in [-0.2, 0) is 4.79 Å². The number of piperidine rings is 1. The Morgan fingerprint density at radius 3 is 2.38 bits per heavy atom. The Kier molecular flexibility index (Phi) is 3.12. The first-order valence-electron chi connectivity index (χ1n) is 5.21. The molecule has 1 N–H and O–H groups in total. The first-order chi connectivity index (χ1) is 5.91. The largest absolute Gasteiger partial charge is 0.305 e. The summed E-state index contributed by atoms with van der Waals surface area (Å²) in [7, 11) is 0. The van der Waals surface area contributed by atoms with Gasteiger partial charge in [0, 0.05) is 11.5 Å². The molecule has 2 atom stereocenters. The van der Waals surface area contributed by atoms with Crippen LogP contribution < -0.4 is 5.32 Å². The monoisotopic (exact) mass is 183 g/mol. The zero-order valence-corrected chi connectivity index (χ0v) is 9.18. The number of ketones is 1. The van der Waals surface area contributed by atoms with E-state index in [1.807, 2.05) is 20.8 Å². The van der Waals surface area contributed by atoms with Gasteiger partial charge >= 0.3 is 0 Å². The minimum Gasteiger partial charge on any atom is -0.305 e. The van der Waals surface area contributed by atoms with Gasteiger partial charge < -0.3 is 5.32 Å². The normalized spacial score (nSPS) is 30.2. The molecule has 2 unspecified atom stereocenters. The minimum absolute atomic E-state index is 0.101. The standard InChI is InChI=1S/C11H21NO/c1-8-6-5-7-9(12-8)10(13)11(2,3)4/h8-9,12H,5-7H2,1-4H3. The molecule has 1 aliphatic rings. The van der Waals surface area contributed by atoms with Crippen LogP contribution in [0.25, 0.3) is 0 Å². The lowest BCUT2D eigenvalue weighted by atomic mass is 9.83. The van der Waals surface area contributed by atoms with Crippen molar-refractivity contribution in [2.75, 3.05) is 0 Å². The lowest BCUT2D eigenvalue weighted by molar-refractivity contribution is -0.129. The van der Waals surface area contributed by atoms with E-state index in [1.54, 1.807) is 0 Å². The molecule has 0 bridgehead atoms. The molecule has 76 valence electrons. The second-order valence-electron chi connectivity index (χ2n) is 5.17. The van der Waals surface area contributed by atoms with Gasteiger partial charge in [-0.1, -0.05) is 20.8 Å². The molecule has 0 aromatic carbocycles. The molecular weight excluding hydrogens is 162 g/mol.